The van der Waals surface area contributed by atoms with E-state index in [0.29, 0.717) is 17.5 Å². The van der Waals surface area contributed by atoms with Gasteiger partial charge in [-0.1, -0.05) is 44.2 Å². The number of hydrogen-bond acceptors (Lipinski definition) is 4. The van der Waals surface area contributed by atoms with Crippen molar-refractivity contribution in [1.29, 1.82) is 0 Å². The van der Waals surface area contributed by atoms with Crippen LogP contribution in [-0.4, -0.2) is 53.3 Å². The highest BCUT2D eigenvalue weighted by atomic mass is 16.5. The van der Waals surface area contributed by atoms with Crippen LogP contribution in [0, 0.1) is 5.92 Å². The number of carbonyl (C=O) groups is 1. The van der Waals surface area contributed by atoms with Crippen LogP contribution < -0.4 is 10.9 Å². The number of carbonyl (C=O) groups excluding carboxylic acids is 1. The van der Waals surface area contributed by atoms with Crippen molar-refractivity contribution in [2.45, 2.75) is 38.5 Å². The minimum absolute atomic E-state index is 0.0376. The molecule has 33 heavy (non-hydrogen) atoms. The van der Waals surface area contributed by atoms with Gasteiger partial charge in [0.25, 0.3) is 5.91 Å². The van der Waals surface area contributed by atoms with Crippen LogP contribution in [0.5, 0.6) is 0 Å². The van der Waals surface area contributed by atoms with Crippen LogP contribution in [0.1, 0.15) is 30.6 Å². The molecular formula is C27H31N3O3. The Morgan fingerprint density at radius 3 is 2.64 bits per heavy atom. The summed E-state index contributed by atoms with van der Waals surface area (Å²) in [5.41, 5.74) is 2.60. The summed E-state index contributed by atoms with van der Waals surface area (Å²) >= 11 is 0. The zero-order valence-corrected chi connectivity index (χ0v) is 19.5. The molecule has 0 spiro atoms. The lowest BCUT2D eigenvalue weighted by molar-refractivity contribution is -0.0683. The monoisotopic (exact) mass is 445 g/mol. The van der Waals surface area contributed by atoms with E-state index in [1.165, 1.54) is 0 Å². The van der Waals surface area contributed by atoms with Gasteiger partial charge in [0, 0.05) is 50.0 Å². The molecule has 2 aromatic carbocycles. The second-order valence-corrected chi connectivity index (χ2v) is 9.70. The topological polar surface area (TPSA) is 63.6 Å². The van der Waals surface area contributed by atoms with E-state index in [1.54, 1.807) is 17.7 Å². The molecule has 2 saturated heterocycles. The van der Waals surface area contributed by atoms with Crippen LogP contribution in [0.4, 0.5) is 0 Å². The zero-order valence-electron chi connectivity index (χ0n) is 19.5. The lowest BCUT2D eigenvalue weighted by atomic mass is 9.96. The molecule has 0 radical (unpaired) electrons. The van der Waals surface area contributed by atoms with Gasteiger partial charge in [0.05, 0.1) is 12.7 Å². The molecule has 0 unspecified atom stereocenters. The van der Waals surface area contributed by atoms with Crippen molar-refractivity contribution in [2.24, 2.45) is 13.0 Å². The normalized spacial score (nSPS) is 23.1. The van der Waals surface area contributed by atoms with Crippen LogP contribution in [-0.2, 0) is 11.8 Å². The number of pyridine rings is 1. The standard InChI is InChI=1S/C27H31N3O3/c1-17(2)25-15-30-14-19(12-20(30)16-33-25)28-27(32)24-9-5-7-22-21(6-4-8-23(22)24)18-10-11-26(31)29(3)13-18/h4-11,13,17,19-20,25H,12,14-16H2,1-3H3,(H,28,32)/t19-,20-,25-/m0/s1. The van der Waals surface area contributed by atoms with Crippen LogP contribution in [0.3, 0.4) is 0 Å². The highest BCUT2D eigenvalue weighted by molar-refractivity contribution is 6.10. The molecule has 5 rings (SSSR count). The quantitative estimate of drug-likeness (QED) is 0.668. The second-order valence-electron chi connectivity index (χ2n) is 9.70. The maximum absolute atomic E-state index is 13.3. The molecule has 2 aliphatic heterocycles. The lowest BCUT2D eigenvalue weighted by Gasteiger charge is -2.36. The van der Waals surface area contributed by atoms with Crippen LogP contribution >= 0.6 is 0 Å². The smallest absolute Gasteiger partial charge is 0.252 e. The van der Waals surface area contributed by atoms with Crippen LogP contribution in [0.2, 0.25) is 0 Å². The second kappa shape index (κ2) is 8.76. The fraction of sp³-hybridized carbons (Fsp3) is 0.407. The third kappa shape index (κ3) is 4.21. The maximum atomic E-state index is 13.3. The summed E-state index contributed by atoms with van der Waals surface area (Å²) in [4.78, 5) is 27.6. The number of ether oxygens (including phenoxy) is 1. The van der Waals surface area contributed by atoms with Gasteiger partial charge < -0.3 is 14.6 Å². The number of nitrogens with one attached hydrogen (secondary N) is 1. The molecule has 0 aliphatic carbocycles. The van der Waals surface area contributed by atoms with E-state index in [2.05, 4.69) is 24.1 Å². The lowest BCUT2D eigenvalue weighted by Crippen LogP contribution is -2.48. The predicted octanol–water partition coefficient (Wildman–Crippen LogP) is 3.43. The zero-order chi connectivity index (χ0) is 23.1. The van der Waals surface area contributed by atoms with Gasteiger partial charge in [0.2, 0.25) is 5.56 Å². The van der Waals surface area contributed by atoms with Crippen molar-refractivity contribution in [1.82, 2.24) is 14.8 Å². The molecule has 3 aromatic rings. The summed E-state index contributed by atoms with van der Waals surface area (Å²) in [5.74, 6) is 0.459. The van der Waals surface area contributed by atoms with Gasteiger partial charge in [-0.15, -0.1) is 0 Å². The number of morpholine rings is 1. The van der Waals surface area contributed by atoms with Gasteiger partial charge >= 0.3 is 0 Å². The number of rotatable bonds is 4. The Hall–Kier alpha value is -2.96. The number of amides is 1. The first-order chi connectivity index (χ1) is 15.9. The SMILES string of the molecule is CC(C)[C@@H]1CN2C[C@@H](NC(=O)c3cccc4c(-c5ccc(=O)n(C)c5)cccc34)C[C@H]2CO1. The molecule has 3 heterocycles. The van der Waals surface area contributed by atoms with Crippen LogP contribution in [0.25, 0.3) is 21.9 Å². The Morgan fingerprint density at radius 1 is 1.06 bits per heavy atom. The molecule has 2 aliphatic rings. The highest BCUT2D eigenvalue weighted by Gasteiger charge is 2.38. The summed E-state index contributed by atoms with van der Waals surface area (Å²) in [6, 6.07) is 15.8. The van der Waals surface area contributed by atoms with Crippen molar-refractivity contribution in [2.75, 3.05) is 19.7 Å². The Kier molecular flexibility index (Phi) is 5.81. The average Bonchev–Trinajstić information content (AvgIpc) is 3.21. The molecule has 172 valence electrons. The molecule has 1 N–H and O–H groups in total. The molecule has 2 fully saturated rings. The Balaban J connectivity index is 1.39. The molecule has 6 heteroatoms. The van der Waals surface area contributed by atoms with E-state index in [0.717, 1.165) is 48.0 Å². The van der Waals surface area contributed by atoms with Crippen molar-refractivity contribution in [3.63, 3.8) is 0 Å². The Bertz CT molecular complexity index is 1250. The fourth-order valence-corrected chi connectivity index (χ4v) is 5.18. The van der Waals surface area contributed by atoms with Gasteiger partial charge in [0.1, 0.15) is 0 Å². The summed E-state index contributed by atoms with van der Waals surface area (Å²) in [5, 5.41) is 5.20. The average molecular weight is 446 g/mol. The van der Waals surface area contributed by atoms with E-state index in [-0.39, 0.29) is 23.6 Å². The maximum Gasteiger partial charge on any atom is 0.252 e. The number of aromatic nitrogens is 1. The molecule has 6 nitrogen and oxygen atoms in total. The Labute approximate surface area is 194 Å². The molecular weight excluding hydrogens is 414 g/mol. The summed E-state index contributed by atoms with van der Waals surface area (Å²) in [6.45, 7) is 6.95. The van der Waals surface area contributed by atoms with Gasteiger partial charge in [-0.2, -0.15) is 0 Å². The molecule has 1 aromatic heterocycles. The number of aryl methyl sites for hydroxylation is 1. The van der Waals surface area contributed by atoms with Crippen molar-refractivity contribution >= 4 is 16.7 Å². The molecule has 3 atom stereocenters. The third-order valence-corrected chi connectivity index (χ3v) is 7.09. The van der Waals surface area contributed by atoms with E-state index in [1.807, 2.05) is 48.7 Å². The molecule has 0 saturated carbocycles. The van der Waals surface area contributed by atoms with E-state index in [9.17, 15) is 9.59 Å². The van der Waals surface area contributed by atoms with Gasteiger partial charge in [0.15, 0.2) is 0 Å². The summed E-state index contributed by atoms with van der Waals surface area (Å²) in [6.07, 6.45) is 3.03. The summed E-state index contributed by atoms with van der Waals surface area (Å²) < 4.78 is 7.62. The molecule has 1 amide bonds. The first-order valence-corrected chi connectivity index (χ1v) is 11.8. The highest BCUT2D eigenvalue weighted by Crippen LogP contribution is 2.31. The first-order valence-electron chi connectivity index (χ1n) is 11.8. The predicted molar refractivity (Wildman–Crippen MR) is 130 cm³/mol. The summed E-state index contributed by atoms with van der Waals surface area (Å²) in [7, 11) is 1.75. The Morgan fingerprint density at radius 2 is 1.85 bits per heavy atom. The number of fused-ring (bicyclic) bond motifs is 2. The first kappa shape index (κ1) is 21.9. The number of nitrogens with zero attached hydrogens (tertiary/aromatic N) is 2. The number of hydrogen-bond donors (Lipinski definition) is 1. The van der Waals surface area contributed by atoms with Gasteiger partial charge in [-0.25, -0.2) is 0 Å². The van der Waals surface area contributed by atoms with Crippen LogP contribution in [0.15, 0.2) is 59.5 Å². The van der Waals surface area contributed by atoms with Crippen molar-refractivity contribution in [3.8, 4) is 11.1 Å². The van der Waals surface area contributed by atoms with Crippen molar-refractivity contribution in [3.05, 3.63) is 70.6 Å². The van der Waals surface area contributed by atoms with Gasteiger partial charge in [-0.05, 0) is 46.4 Å². The minimum atomic E-state index is -0.0444. The van der Waals surface area contributed by atoms with E-state index in [4.69, 9.17) is 4.74 Å². The number of benzene rings is 2. The fourth-order valence-electron chi connectivity index (χ4n) is 5.18. The largest absolute Gasteiger partial charge is 0.375 e. The third-order valence-electron chi connectivity index (χ3n) is 7.09. The minimum Gasteiger partial charge on any atom is -0.375 e. The van der Waals surface area contributed by atoms with Gasteiger partial charge in [-0.3, -0.25) is 14.5 Å². The van der Waals surface area contributed by atoms with E-state index < -0.39 is 0 Å². The van der Waals surface area contributed by atoms with Crippen molar-refractivity contribution < 1.29 is 9.53 Å². The van der Waals surface area contributed by atoms with E-state index >= 15 is 0 Å². The molecule has 0 bridgehead atoms.